The molecule has 1 aliphatic rings. The molecule has 1 aromatic carbocycles. The topological polar surface area (TPSA) is 51.8 Å². The van der Waals surface area contributed by atoms with E-state index in [9.17, 15) is 5.41 Å². The predicted molar refractivity (Wildman–Crippen MR) is 81.4 cm³/mol. The molecule has 5 heteroatoms. The SMILES string of the molecule is CCOC1=C[C-]=C(C(=[N-])CO)CC1.Clc1c[c-]ccc1.[Li+]. The van der Waals surface area contributed by atoms with Gasteiger partial charge in [-0.05, 0) is 19.1 Å². The Balaban J connectivity index is 0.000000425. The van der Waals surface area contributed by atoms with Crippen molar-refractivity contribution in [2.24, 2.45) is 0 Å². The third-order valence-corrected chi connectivity index (χ3v) is 2.76. The van der Waals surface area contributed by atoms with Gasteiger partial charge in [0.15, 0.2) is 0 Å². The fraction of sp³-hybridized carbons (Fsp3) is 0.312. The van der Waals surface area contributed by atoms with Crippen LogP contribution in [0.15, 0.2) is 41.7 Å². The van der Waals surface area contributed by atoms with Gasteiger partial charge in [-0.25, -0.2) is 0 Å². The zero-order valence-corrected chi connectivity index (χ0v) is 13.2. The zero-order valence-electron chi connectivity index (χ0n) is 12.4. The molecule has 21 heavy (non-hydrogen) atoms. The molecular weight excluding hydrogens is 281 g/mol. The first-order valence-electron chi connectivity index (χ1n) is 6.39. The Labute approximate surface area is 143 Å². The number of hydrogen-bond donors (Lipinski definition) is 1. The van der Waals surface area contributed by atoms with Gasteiger partial charge in [-0.15, -0.1) is 6.08 Å². The van der Waals surface area contributed by atoms with Gasteiger partial charge < -0.3 is 15.3 Å². The maximum atomic E-state index is 9.20. The van der Waals surface area contributed by atoms with Crippen molar-refractivity contribution in [3.8, 4) is 0 Å². The monoisotopic (exact) mass is 297 g/mol. The minimum Gasteiger partial charge on any atom is -0.873 e. The Bertz CT molecular complexity index is 486. The minimum absolute atomic E-state index is 0. The molecule has 0 amide bonds. The maximum Gasteiger partial charge on any atom is 1.00 e. The van der Waals surface area contributed by atoms with Gasteiger partial charge in [0.25, 0.3) is 0 Å². The number of nitrogens with zero attached hydrogens (tertiary/aromatic N) is 1. The molecule has 0 unspecified atom stereocenters. The second kappa shape index (κ2) is 11.7. The fourth-order valence-corrected chi connectivity index (χ4v) is 1.69. The summed E-state index contributed by atoms with van der Waals surface area (Å²) < 4.78 is 5.28. The van der Waals surface area contributed by atoms with E-state index in [1.54, 1.807) is 12.1 Å². The molecular formula is C16H17ClLiNO2-2. The third-order valence-electron chi connectivity index (χ3n) is 2.53. The third kappa shape index (κ3) is 8.14. The Morgan fingerprint density at radius 2 is 2.24 bits per heavy atom. The summed E-state index contributed by atoms with van der Waals surface area (Å²) in [6.07, 6.45) is 6.05. The summed E-state index contributed by atoms with van der Waals surface area (Å²) in [6, 6.07) is 10.0. The van der Waals surface area contributed by atoms with E-state index in [0.29, 0.717) is 18.6 Å². The quantitative estimate of drug-likeness (QED) is 0.502. The van der Waals surface area contributed by atoms with Crippen molar-refractivity contribution in [1.82, 2.24) is 0 Å². The van der Waals surface area contributed by atoms with Crippen LogP contribution in [0.1, 0.15) is 19.8 Å². The molecule has 0 spiro atoms. The van der Waals surface area contributed by atoms with E-state index in [-0.39, 0.29) is 31.2 Å². The molecule has 0 saturated heterocycles. The maximum absolute atomic E-state index is 9.20. The van der Waals surface area contributed by atoms with E-state index >= 15 is 0 Å². The predicted octanol–water partition coefficient (Wildman–Crippen LogP) is 0.577. The summed E-state index contributed by atoms with van der Waals surface area (Å²) in [4.78, 5) is 0. The summed E-state index contributed by atoms with van der Waals surface area (Å²) >= 11 is 5.51. The smallest absolute Gasteiger partial charge is 0.873 e. The van der Waals surface area contributed by atoms with E-state index < -0.39 is 0 Å². The van der Waals surface area contributed by atoms with Crippen LogP contribution in [-0.2, 0) is 4.74 Å². The van der Waals surface area contributed by atoms with Crippen molar-refractivity contribution in [2.45, 2.75) is 19.8 Å². The number of allylic oxidation sites excluding steroid dienone is 3. The van der Waals surface area contributed by atoms with Gasteiger partial charge in [0.1, 0.15) is 0 Å². The molecule has 0 radical (unpaired) electrons. The molecule has 0 aliphatic heterocycles. The molecule has 0 bridgehead atoms. The van der Waals surface area contributed by atoms with Crippen LogP contribution in [0.4, 0.5) is 0 Å². The molecule has 1 N–H and O–H groups in total. The van der Waals surface area contributed by atoms with Crippen molar-refractivity contribution in [1.29, 1.82) is 0 Å². The number of benzene rings is 1. The number of ether oxygens (including phenoxy) is 1. The molecule has 3 nitrogen and oxygen atoms in total. The summed E-state index contributed by atoms with van der Waals surface area (Å²) in [6.45, 7) is 2.26. The first-order valence-corrected chi connectivity index (χ1v) is 6.77. The summed E-state index contributed by atoms with van der Waals surface area (Å²) in [7, 11) is 0. The average Bonchev–Trinajstić information content (AvgIpc) is 2.49. The van der Waals surface area contributed by atoms with Crippen LogP contribution in [0, 0.1) is 12.1 Å². The van der Waals surface area contributed by atoms with Gasteiger partial charge in [0.2, 0.25) is 0 Å². The average molecular weight is 298 g/mol. The standard InChI is InChI=1S/C10H13NO2.C6H4Cl.Li/c1-2-13-9-5-3-8(4-6-9)10(11)7-12;7-6-4-2-1-3-5-6;/h6,12H,2-3,5,7H2,1H3;1-2,4-5H;/q-2;-1;+1. The van der Waals surface area contributed by atoms with Gasteiger partial charge >= 0.3 is 18.9 Å². The van der Waals surface area contributed by atoms with E-state index in [2.05, 4.69) is 12.1 Å². The Morgan fingerprint density at radius 3 is 2.62 bits per heavy atom. The number of aliphatic hydroxyl groups excluding tert-OH is 1. The largest absolute Gasteiger partial charge is 1.00 e. The summed E-state index contributed by atoms with van der Waals surface area (Å²) in [5.41, 5.74) is 0.678. The second-order valence-electron chi connectivity index (χ2n) is 3.99. The zero-order chi connectivity index (χ0) is 14.8. The van der Waals surface area contributed by atoms with E-state index in [0.717, 1.165) is 17.2 Å². The van der Waals surface area contributed by atoms with Crippen molar-refractivity contribution in [2.75, 3.05) is 13.2 Å². The molecule has 108 valence electrons. The van der Waals surface area contributed by atoms with Gasteiger partial charge in [-0.1, -0.05) is 11.4 Å². The molecule has 2 rings (SSSR count). The summed E-state index contributed by atoms with van der Waals surface area (Å²) in [5, 5.41) is 18.6. The Hall–Kier alpha value is -0.983. The van der Waals surface area contributed by atoms with Crippen molar-refractivity contribution < 1.29 is 28.7 Å². The first kappa shape index (κ1) is 20.0. The van der Waals surface area contributed by atoms with Crippen molar-refractivity contribution in [3.05, 3.63) is 64.2 Å². The molecule has 0 saturated carbocycles. The van der Waals surface area contributed by atoms with E-state index in [1.165, 1.54) is 0 Å². The van der Waals surface area contributed by atoms with Gasteiger partial charge in [0, 0.05) is 6.61 Å². The van der Waals surface area contributed by atoms with Crippen LogP contribution >= 0.6 is 11.6 Å². The molecule has 1 aliphatic carbocycles. The van der Waals surface area contributed by atoms with Crippen molar-refractivity contribution >= 4 is 17.3 Å². The van der Waals surface area contributed by atoms with Crippen LogP contribution in [0.25, 0.3) is 5.41 Å². The van der Waals surface area contributed by atoms with Gasteiger partial charge in [0.05, 0.1) is 6.61 Å². The van der Waals surface area contributed by atoms with Crippen molar-refractivity contribution in [3.63, 3.8) is 0 Å². The minimum atomic E-state index is -0.319. The van der Waals surface area contributed by atoms with Gasteiger partial charge in [-0.2, -0.15) is 53.6 Å². The molecule has 0 fully saturated rings. The Kier molecular flexibility index (Phi) is 11.1. The normalized spacial score (nSPS) is 12.9. The molecule has 0 aromatic heterocycles. The molecule has 0 atom stereocenters. The van der Waals surface area contributed by atoms with E-state index in [1.807, 2.05) is 25.1 Å². The summed E-state index contributed by atoms with van der Waals surface area (Å²) in [5.74, 6) is 0.886. The van der Waals surface area contributed by atoms with Crippen LogP contribution in [0.2, 0.25) is 5.02 Å². The number of rotatable bonds is 4. The number of hydrogen-bond acceptors (Lipinski definition) is 2. The Morgan fingerprint density at radius 1 is 1.48 bits per heavy atom. The molecule has 1 aromatic rings. The van der Waals surface area contributed by atoms with Crippen LogP contribution in [-0.4, -0.2) is 24.0 Å². The van der Waals surface area contributed by atoms with Crippen LogP contribution < -0.4 is 18.9 Å². The van der Waals surface area contributed by atoms with Gasteiger partial charge in [-0.3, -0.25) is 5.71 Å². The molecule has 0 heterocycles. The van der Waals surface area contributed by atoms with Crippen LogP contribution in [0.5, 0.6) is 0 Å². The number of aliphatic hydroxyl groups is 1. The second-order valence-corrected chi connectivity index (χ2v) is 4.43. The van der Waals surface area contributed by atoms with Crippen LogP contribution in [0.3, 0.4) is 0 Å². The fourth-order valence-electron chi connectivity index (χ4n) is 1.55. The first-order chi connectivity index (χ1) is 9.67. The number of halogens is 1. The van der Waals surface area contributed by atoms with E-state index in [4.69, 9.17) is 21.4 Å².